The Labute approximate surface area is 121 Å². The molecule has 5 nitrogen and oxygen atoms in total. The minimum atomic E-state index is 0.722. The summed E-state index contributed by atoms with van der Waals surface area (Å²) in [4.78, 5) is 12.4. The predicted octanol–water partition coefficient (Wildman–Crippen LogP) is 3.10. The van der Waals surface area contributed by atoms with Gasteiger partial charge in [0, 0.05) is 5.69 Å². The van der Waals surface area contributed by atoms with Crippen LogP contribution in [0.25, 0.3) is 28.0 Å². The largest absolute Gasteiger partial charge is 0.399 e. The highest BCUT2D eigenvalue weighted by Gasteiger charge is 2.10. The average molecular weight is 277 g/mol. The van der Waals surface area contributed by atoms with E-state index >= 15 is 0 Å². The molecule has 4 aromatic rings. The van der Waals surface area contributed by atoms with Crippen molar-refractivity contribution >= 4 is 27.8 Å². The van der Waals surface area contributed by atoms with Crippen LogP contribution in [-0.4, -0.2) is 19.5 Å². The van der Waals surface area contributed by atoms with Gasteiger partial charge in [-0.25, -0.2) is 9.97 Å². The first kappa shape index (κ1) is 12.0. The molecule has 2 heterocycles. The number of hydrogen-bond donors (Lipinski definition) is 2. The number of hydrogen-bond acceptors (Lipinski definition) is 3. The lowest BCUT2D eigenvalue weighted by atomic mass is 10.1. The lowest BCUT2D eigenvalue weighted by Gasteiger charge is -2.02. The Morgan fingerprint density at radius 2 is 1.86 bits per heavy atom. The fraction of sp³-hybridized carbons (Fsp3) is 0.125. The van der Waals surface area contributed by atoms with Gasteiger partial charge in [0.05, 0.1) is 22.1 Å². The van der Waals surface area contributed by atoms with Crippen molar-refractivity contribution in [2.24, 2.45) is 0 Å². The Hall–Kier alpha value is -2.82. The maximum absolute atomic E-state index is 5.81. The van der Waals surface area contributed by atoms with Crippen molar-refractivity contribution < 1.29 is 0 Å². The van der Waals surface area contributed by atoms with E-state index in [0.29, 0.717) is 0 Å². The van der Waals surface area contributed by atoms with Gasteiger partial charge in [-0.2, -0.15) is 0 Å². The van der Waals surface area contributed by atoms with Crippen molar-refractivity contribution in [2.45, 2.75) is 13.8 Å². The van der Waals surface area contributed by atoms with E-state index < -0.39 is 0 Å². The Morgan fingerprint density at radius 1 is 1.05 bits per heavy atom. The topological polar surface area (TPSA) is 72.5 Å². The van der Waals surface area contributed by atoms with Crippen LogP contribution in [0.2, 0.25) is 0 Å². The van der Waals surface area contributed by atoms with E-state index in [2.05, 4.69) is 40.9 Å². The molecule has 104 valence electrons. The summed E-state index contributed by atoms with van der Waals surface area (Å²) in [5.41, 5.74) is 12.9. The molecule has 0 amide bonds. The molecule has 4 rings (SSSR count). The zero-order valence-electron chi connectivity index (χ0n) is 11.9. The number of aromatic amines is 1. The number of fused-ring (bicyclic) bond motifs is 2. The number of nitrogen functional groups attached to an aromatic ring is 1. The second-order valence-corrected chi connectivity index (χ2v) is 5.38. The Kier molecular flexibility index (Phi) is 2.33. The molecular formula is C16H15N5. The first-order valence-electron chi connectivity index (χ1n) is 6.82. The third-order valence-electron chi connectivity index (χ3n) is 3.88. The number of nitrogens with zero attached hydrogens (tertiary/aromatic N) is 3. The number of H-pyrrole nitrogens is 1. The maximum atomic E-state index is 5.81. The second-order valence-electron chi connectivity index (χ2n) is 5.38. The van der Waals surface area contributed by atoms with Gasteiger partial charge in [-0.3, -0.25) is 4.57 Å². The fourth-order valence-electron chi connectivity index (χ4n) is 2.56. The standard InChI is InChI=1S/C16H15N5/c1-9-5-14-15(6-10(9)2)21(8-18-14)16-19-12-4-3-11(17)7-13(12)20-16/h3-8H,17H2,1-2H3,(H,19,20). The maximum Gasteiger partial charge on any atom is 0.213 e. The minimum Gasteiger partial charge on any atom is -0.399 e. The Morgan fingerprint density at radius 3 is 2.71 bits per heavy atom. The van der Waals surface area contributed by atoms with Crippen LogP contribution < -0.4 is 5.73 Å². The number of rotatable bonds is 1. The molecule has 0 aliphatic heterocycles. The van der Waals surface area contributed by atoms with Crippen molar-refractivity contribution in [3.63, 3.8) is 0 Å². The van der Waals surface area contributed by atoms with Crippen LogP contribution in [0, 0.1) is 13.8 Å². The quantitative estimate of drug-likeness (QED) is 0.525. The molecule has 2 aromatic heterocycles. The van der Waals surface area contributed by atoms with E-state index in [9.17, 15) is 0 Å². The van der Waals surface area contributed by atoms with Gasteiger partial charge >= 0.3 is 0 Å². The number of aryl methyl sites for hydroxylation is 2. The van der Waals surface area contributed by atoms with Gasteiger partial charge in [0.2, 0.25) is 5.95 Å². The Balaban J connectivity index is 1.97. The van der Waals surface area contributed by atoms with Crippen molar-refractivity contribution in [3.8, 4) is 5.95 Å². The molecule has 0 fully saturated rings. The monoisotopic (exact) mass is 277 g/mol. The molecule has 0 atom stereocenters. The van der Waals surface area contributed by atoms with Crippen LogP contribution in [0.1, 0.15) is 11.1 Å². The van der Waals surface area contributed by atoms with Crippen LogP contribution in [-0.2, 0) is 0 Å². The van der Waals surface area contributed by atoms with E-state index in [1.165, 1.54) is 11.1 Å². The van der Waals surface area contributed by atoms with Gasteiger partial charge < -0.3 is 10.7 Å². The molecule has 5 heteroatoms. The van der Waals surface area contributed by atoms with E-state index in [4.69, 9.17) is 5.73 Å². The van der Waals surface area contributed by atoms with E-state index in [0.717, 1.165) is 33.7 Å². The lowest BCUT2D eigenvalue weighted by Crippen LogP contribution is -1.95. The van der Waals surface area contributed by atoms with Crippen LogP contribution in [0.5, 0.6) is 0 Å². The molecule has 0 saturated carbocycles. The number of nitrogens with two attached hydrogens (primary N) is 1. The molecule has 0 unspecified atom stereocenters. The number of aromatic nitrogens is 4. The zero-order chi connectivity index (χ0) is 14.6. The molecule has 0 saturated heterocycles. The predicted molar refractivity (Wildman–Crippen MR) is 84.6 cm³/mol. The SMILES string of the molecule is Cc1cc2ncn(-c3nc4ccc(N)cc4[nH]3)c2cc1C. The van der Waals surface area contributed by atoms with Gasteiger partial charge in [-0.15, -0.1) is 0 Å². The number of imidazole rings is 2. The third-order valence-corrected chi connectivity index (χ3v) is 3.88. The van der Waals surface area contributed by atoms with Crippen molar-refractivity contribution in [1.29, 1.82) is 0 Å². The molecule has 0 bridgehead atoms. The highest BCUT2D eigenvalue weighted by atomic mass is 15.2. The Bertz CT molecular complexity index is 977. The molecule has 3 N–H and O–H groups in total. The summed E-state index contributed by atoms with van der Waals surface area (Å²) in [5.74, 6) is 0.751. The lowest BCUT2D eigenvalue weighted by molar-refractivity contribution is 0.995. The minimum absolute atomic E-state index is 0.722. The van der Waals surface area contributed by atoms with Gasteiger partial charge in [-0.1, -0.05) is 0 Å². The van der Waals surface area contributed by atoms with Crippen LogP contribution in [0.15, 0.2) is 36.7 Å². The fourth-order valence-corrected chi connectivity index (χ4v) is 2.56. The van der Waals surface area contributed by atoms with Crippen LogP contribution >= 0.6 is 0 Å². The summed E-state index contributed by atoms with van der Waals surface area (Å²) in [6.07, 6.45) is 1.80. The zero-order valence-corrected chi connectivity index (χ0v) is 11.9. The van der Waals surface area contributed by atoms with E-state index in [1.807, 2.05) is 22.8 Å². The smallest absolute Gasteiger partial charge is 0.213 e. The number of benzene rings is 2. The first-order valence-corrected chi connectivity index (χ1v) is 6.82. The van der Waals surface area contributed by atoms with Gasteiger partial charge in [0.15, 0.2) is 0 Å². The van der Waals surface area contributed by atoms with Gasteiger partial charge in [0.25, 0.3) is 0 Å². The third kappa shape index (κ3) is 1.78. The molecule has 0 spiro atoms. The molecule has 21 heavy (non-hydrogen) atoms. The average Bonchev–Trinajstić information content (AvgIpc) is 3.02. The van der Waals surface area contributed by atoms with Gasteiger partial charge in [0.1, 0.15) is 6.33 Å². The summed E-state index contributed by atoms with van der Waals surface area (Å²) < 4.78 is 1.97. The summed E-state index contributed by atoms with van der Waals surface area (Å²) in [5, 5.41) is 0. The highest BCUT2D eigenvalue weighted by molar-refractivity contribution is 5.82. The summed E-state index contributed by atoms with van der Waals surface area (Å²) in [6, 6.07) is 9.90. The van der Waals surface area contributed by atoms with E-state index in [-0.39, 0.29) is 0 Å². The van der Waals surface area contributed by atoms with Crippen molar-refractivity contribution in [2.75, 3.05) is 5.73 Å². The van der Waals surface area contributed by atoms with Crippen LogP contribution in [0.3, 0.4) is 0 Å². The highest BCUT2D eigenvalue weighted by Crippen LogP contribution is 2.22. The van der Waals surface area contributed by atoms with Crippen molar-refractivity contribution in [3.05, 3.63) is 47.8 Å². The molecular weight excluding hydrogens is 262 g/mol. The van der Waals surface area contributed by atoms with E-state index in [1.54, 1.807) is 6.33 Å². The molecule has 0 radical (unpaired) electrons. The molecule has 0 aliphatic rings. The first-order chi connectivity index (χ1) is 10.1. The number of anilines is 1. The van der Waals surface area contributed by atoms with Gasteiger partial charge in [-0.05, 0) is 55.3 Å². The number of nitrogens with one attached hydrogen (secondary N) is 1. The second kappa shape index (κ2) is 4.09. The van der Waals surface area contributed by atoms with Crippen molar-refractivity contribution in [1.82, 2.24) is 19.5 Å². The molecule has 2 aromatic carbocycles. The molecule has 0 aliphatic carbocycles. The van der Waals surface area contributed by atoms with Crippen LogP contribution in [0.4, 0.5) is 5.69 Å². The summed E-state index contributed by atoms with van der Waals surface area (Å²) in [7, 11) is 0. The summed E-state index contributed by atoms with van der Waals surface area (Å²) >= 11 is 0. The summed E-state index contributed by atoms with van der Waals surface area (Å²) in [6.45, 7) is 4.20. The normalized spacial score (nSPS) is 11.5.